The summed E-state index contributed by atoms with van der Waals surface area (Å²) < 4.78 is 5.12. The fourth-order valence-corrected chi connectivity index (χ4v) is 2.89. The number of likely N-dealkylation sites (tertiary alicyclic amines) is 1. The smallest absolute Gasteiger partial charge is 0.408 e. The molecule has 8 heteroatoms. The molecule has 0 radical (unpaired) electrons. The number of hydrogen-bond acceptors (Lipinski definition) is 5. The normalized spacial score (nSPS) is 22.9. The Bertz CT molecular complexity index is 421. The number of nitrogens with one attached hydrogen (secondary N) is 1. The Kier molecular flexibility index (Phi) is 5.88. The summed E-state index contributed by atoms with van der Waals surface area (Å²) in [6.45, 7) is 4.83. The summed E-state index contributed by atoms with van der Waals surface area (Å²) in [6.07, 6.45) is 2.26. The molecule has 1 fully saturated rings. The predicted molar refractivity (Wildman–Crippen MR) is 79.0 cm³/mol. The lowest BCUT2D eigenvalue weighted by Gasteiger charge is -2.37. The fraction of sp³-hybridized carbons (Fsp3) is 0.769. The number of carboxylic acid groups (broad SMARTS) is 1. The van der Waals surface area contributed by atoms with Crippen molar-refractivity contribution in [3.05, 3.63) is 0 Å². The second-order valence-corrected chi connectivity index (χ2v) is 6.84. The minimum absolute atomic E-state index is 0.176. The highest BCUT2D eigenvalue weighted by atomic mass is 32.2. The van der Waals surface area contributed by atoms with Gasteiger partial charge in [0.2, 0.25) is 5.91 Å². The Hall–Kier alpha value is -1.44. The molecule has 0 aromatic heterocycles. The Morgan fingerprint density at radius 1 is 1.43 bits per heavy atom. The van der Waals surface area contributed by atoms with Crippen LogP contribution >= 0.6 is 11.8 Å². The molecular weight excluding hydrogens is 296 g/mol. The molecule has 0 spiro atoms. The molecule has 1 aliphatic rings. The first kappa shape index (κ1) is 17.6. The van der Waals surface area contributed by atoms with Crippen molar-refractivity contribution in [2.75, 3.05) is 12.8 Å². The molecule has 0 aliphatic carbocycles. The number of aliphatic carboxylic acids is 1. The van der Waals surface area contributed by atoms with E-state index in [1.807, 2.05) is 6.26 Å². The maximum atomic E-state index is 12.3. The van der Waals surface area contributed by atoms with Crippen molar-refractivity contribution in [2.45, 2.75) is 50.6 Å². The summed E-state index contributed by atoms with van der Waals surface area (Å²) in [5.74, 6) is -1.45. The van der Waals surface area contributed by atoms with Crippen LogP contribution < -0.4 is 5.32 Å². The van der Waals surface area contributed by atoms with Gasteiger partial charge in [-0.15, -0.1) is 11.8 Å². The second-order valence-electron chi connectivity index (χ2n) is 5.83. The Balaban J connectivity index is 2.70. The number of hydrogen-bond donors (Lipinski definition) is 2. The van der Waals surface area contributed by atoms with Gasteiger partial charge >= 0.3 is 12.1 Å². The summed E-state index contributed by atoms with van der Waals surface area (Å²) in [5, 5.41) is 11.2. The summed E-state index contributed by atoms with van der Waals surface area (Å²) in [6, 6.07) is -0.734. The number of nitrogens with zero attached hydrogens (tertiary/aromatic N) is 1. The minimum Gasteiger partial charge on any atom is -0.480 e. The highest BCUT2D eigenvalue weighted by Crippen LogP contribution is 2.25. The molecule has 0 bridgehead atoms. The van der Waals surface area contributed by atoms with E-state index >= 15 is 0 Å². The zero-order valence-corrected chi connectivity index (χ0v) is 13.5. The van der Waals surface area contributed by atoms with Gasteiger partial charge in [0.25, 0.3) is 0 Å². The molecule has 1 rings (SSSR count). The van der Waals surface area contributed by atoms with E-state index in [-0.39, 0.29) is 17.8 Å². The van der Waals surface area contributed by atoms with Crippen molar-refractivity contribution >= 4 is 29.7 Å². The first-order valence-electron chi connectivity index (χ1n) is 6.68. The fourth-order valence-electron chi connectivity index (χ4n) is 2.08. The molecule has 0 aromatic carbocycles. The molecule has 2 N–H and O–H groups in total. The molecular formula is C13H22N2O5S. The van der Waals surface area contributed by atoms with Crippen molar-refractivity contribution in [1.29, 1.82) is 0 Å². The molecule has 0 saturated carbocycles. The third-order valence-electron chi connectivity index (χ3n) is 2.90. The SMILES string of the molecule is CSC1CCC(NC(=O)OC(C)(C)C)C(=O)N1CC(=O)O. The highest BCUT2D eigenvalue weighted by Gasteiger charge is 2.37. The quantitative estimate of drug-likeness (QED) is 0.810. The van der Waals surface area contributed by atoms with E-state index in [1.165, 1.54) is 16.7 Å². The standard InChI is InChI=1S/C13H22N2O5S/c1-13(2,3)20-12(19)14-8-5-6-9(21-4)15(11(8)18)7-10(16)17/h8-9H,5-7H2,1-4H3,(H,14,19)(H,16,17). The average Bonchev–Trinajstić information content (AvgIpc) is 2.31. The monoisotopic (exact) mass is 318 g/mol. The van der Waals surface area contributed by atoms with E-state index in [1.54, 1.807) is 20.8 Å². The van der Waals surface area contributed by atoms with Gasteiger partial charge in [-0.1, -0.05) is 0 Å². The van der Waals surface area contributed by atoms with E-state index in [0.717, 1.165) is 0 Å². The van der Waals surface area contributed by atoms with Gasteiger partial charge in [-0.2, -0.15) is 0 Å². The predicted octanol–water partition coefficient (Wildman–Crippen LogP) is 1.28. The lowest BCUT2D eigenvalue weighted by Crippen LogP contribution is -2.56. The highest BCUT2D eigenvalue weighted by molar-refractivity contribution is 7.99. The van der Waals surface area contributed by atoms with Crippen LogP contribution in [0.25, 0.3) is 0 Å². The summed E-state index contributed by atoms with van der Waals surface area (Å²) in [4.78, 5) is 36.2. The maximum absolute atomic E-state index is 12.3. The Morgan fingerprint density at radius 3 is 2.52 bits per heavy atom. The molecule has 7 nitrogen and oxygen atoms in total. The third-order valence-corrected chi connectivity index (χ3v) is 3.93. The first-order chi connectivity index (χ1) is 9.64. The zero-order chi connectivity index (χ0) is 16.2. The molecule has 0 aromatic rings. The van der Waals surface area contributed by atoms with Gasteiger partial charge in [0, 0.05) is 0 Å². The van der Waals surface area contributed by atoms with Crippen molar-refractivity contribution in [2.24, 2.45) is 0 Å². The van der Waals surface area contributed by atoms with Crippen molar-refractivity contribution in [3.63, 3.8) is 0 Å². The van der Waals surface area contributed by atoms with Crippen LogP contribution in [0.1, 0.15) is 33.6 Å². The van der Waals surface area contributed by atoms with Crippen LogP contribution in [0.2, 0.25) is 0 Å². The summed E-state index contributed by atoms with van der Waals surface area (Å²) in [7, 11) is 0. The van der Waals surface area contributed by atoms with Gasteiger partial charge in [0.15, 0.2) is 0 Å². The maximum Gasteiger partial charge on any atom is 0.408 e. The van der Waals surface area contributed by atoms with Crippen molar-refractivity contribution in [3.8, 4) is 0 Å². The second kappa shape index (κ2) is 7.02. The van der Waals surface area contributed by atoms with E-state index < -0.39 is 23.7 Å². The number of ether oxygens (including phenoxy) is 1. The number of alkyl carbamates (subject to hydrolysis) is 1. The molecule has 2 atom stereocenters. The largest absolute Gasteiger partial charge is 0.480 e. The third kappa shape index (κ3) is 5.45. The zero-order valence-electron chi connectivity index (χ0n) is 12.7. The van der Waals surface area contributed by atoms with Crippen LogP contribution in [-0.2, 0) is 14.3 Å². The van der Waals surface area contributed by atoms with Gasteiger partial charge in [-0.05, 0) is 39.9 Å². The number of thioether (sulfide) groups is 1. The molecule has 1 aliphatic heterocycles. The molecule has 2 amide bonds. The topological polar surface area (TPSA) is 95.9 Å². The van der Waals surface area contributed by atoms with E-state index in [2.05, 4.69) is 5.32 Å². The van der Waals surface area contributed by atoms with Crippen molar-refractivity contribution < 1.29 is 24.2 Å². The molecule has 1 heterocycles. The van der Waals surface area contributed by atoms with Crippen LogP contribution in [0.15, 0.2) is 0 Å². The minimum atomic E-state index is -1.07. The van der Waals surface area contributed by atoms with Crippen LogP contribution in [0.3, 0.4) is 0 Å². The van der Waals surface area contributed by atoms with Gasteiger partial charge in [-0.25, -0.2) is 4.79 Å². The number of amides is 2. The number of carbonyl (C=O) groups is 3. The lowest BCUT2D eigenvalue weighted by atomic mass is 10.0. The van der Waals surface area contributed by atoms with Crippen LogP contribution in [0.4, 0.5) is 4.79 Å². The number of piperidine rings is 1. The molecule has 2 unspecified atom stereocenters. The molecule has 21 heavy (non-hydrogen) atoms. The van der Waals surface area contributed by atoms with Crippen LogP contribution in [0, 0.1) is 0 Å². The first-order valence-corrected chi connectivity index (χ1v) is 7.97. The lowest BCUT2D eigenvalue weighted by molar-refractivity contribution is -0.147. The van der Waals surface area contributed by atoms with Gasteiger partial charge in [-0.3, -0.25) is 9.59 Å². The molecule has 1 saturated heterocycles. The van der Waals surface area contributed by atoms with Gasteiger partial charge < -0.3 is 20.1 Å². The Labute approximate surface area is 128 Å². The summed E-state index contributed by atoms with van der Waals surface area (Å²) >= 11 is 1.43. The van der Waals surface area contributed by atoms with E-state index in [0.29, 0.717) is 12.8 Å². The van der Waals surface area contributed by atoms with Gasteiger partial charge in [0.1, 0.15) is 18.2 Å². The Morgan fingerprint density at radius 2 is 2.05 bits per heavy atom. The van der Waals surface area contributed by atoms with Crippen LogP contribution in [0.5, 0.6) is 0 Å². The van der Waals surface area contributed by atoms with E-state index in [9.17, 15) is 14.4 Å². The van der Waals surface area contributed by atoms with Gasteiger partial charge in [0.05, 0.1) is 5.37 Å². The molecule has 120 valence electrons. The average molecular weight is 318 g/mol. The number of carboxylic acids is 1. The van der Waals surface area contributed by atoms with E-state index in [4.69, 9.17) is 9.84 Å². The number of carbonyl (C=O) groups excluding carboxylic acids is 2. The summed E-state index contributed by atoms with van der Waals surface area (Å²) in [5.41, 5.74) is -0.648. The van der Waals surface area contributed by atoms with Crippen LogP contribution in [-0.4, -0.2) is 57.8 Å². The number of rotatable bonds is 4. The van der Waals surface area contributed by atoms with Crippen molar-refractivity contribution in [1.82, 2.24) is 10.2 Å².